The molecular weight excluding hydrogens is 365 g/mol. The van der Waals surface area contributed by atoms with E-state index in [1.165, 1.54) is 16.7 Å². The van der Waals surface area contributed by atoms with E-state index in [1.54, 1.807) is 7.11 Å². The lowest BCUT2D eigenvalue weighted by molar-refractivity contribution is 0.179. The minimum Gasteiger partial charge on any atom is -0.383 e. The second kappa shape index (κ2) is 9.99. The van der Waals surface area contributed by atoms with Gasteiger partial charge in [0, 0.05) is 19.7 Å². The molecule has 0 bridgehead atoms. The molecule has 0 aliphatic rings. The Balaban J connectivity index is 0.00000361. The van der Waals surface area contributed by atoms with Crippen LogP contribution in [0.1, 0.15) is 23.6 Å². The summed E-state index contributed by atoms with van der Waals surface area (Å²) in [6.45, 7) is 7.55. The van der Waals surface area contributed by atoms with E-state index >= 15 is 0 Å². The highest BCUT2D eigenvalue weighted by Crippen LogP contribution is 2.09. The first kappa shape index (κ1) is 19.2. The fourth-order valence-electron chi connectivity index (χ4n) is 2.11. The number of rotatable bonds is 6. The maximum Gasteiger partial charge on any atom is 0.188 e. The molecule has 0 aromatic heterocycles. The van der Waals surface area contributed by atoms with Crippen molar-refractivity contribution in [1.29, 1.82) is 0 Å². The molecule has 1 rings (SSSR count). The summed E-state index contributed by atoms with van der Waals surface area (Å²) in [6.07, 6.45) is 0.906. The van der Waals surface area contributed by atoms with Crippen molar-refractivity contribution >= 4 is 29.9 Å². The summed E-state index contributed by atoms with van der Waals surface area (Å²) in [5.74, 6) is 0.480. The maximum absolute atomic E-state index is 5.81. The number of benzene rings is 1. The Morgan fingerprint density at radius 3 is 2.45 bits per heavy atom. The molecule has 0 radical (unpaired) electrons. The van der Waals surface area contributed by atoms with Gasteiger partial charge in [0.1, 0.15) is 0 Å². The third kappa shape index (κ3) is 7.69. The Kier molecular flexibility index (Phi) is 9.58. The zero-order chi connectivity index (χ0) is 14.3. The third-order valence-corrected chi connectivity index (χ3v) is 2.78. The number of methoxy groups -OCH3 is 1. The number of aryl methyl sites for hydroxylation is 2. The predicted octanol–water partition coefficient (Wildman–Crippen LogP) is 2.40. The van der Waals surface area contributed by atoms with E-state index in [9.17, 15) is 0 Å². The van der Waals surface area contributed by atoms with E-state index < -0.39 is 0 Å². The van der Waals surface area contributed by atoms with Crippen molar-refractivity contribution < 1.29 is 4.74 Å². The van der Waals surface area contributed by atoms with Gasteiger partial charge < -0.3 is 15.8 Å². The summed E-state index contributed by atoms with van der Waals surface area (Å²) >= 11 is 0. The van der Waals surface area contributed by atoms with Gasteiger partial charge in [-0.05, 0) is 32.8 Å². The molecule has 1 aromatic rings. The minimum absolute atomic E-state index is 0. The maximum atomic E-state index is 5.81. The molecule has 0 heterocycles. The van der Waals surface area contributed by atoms with Gasteiger partial charge in [0.05, 0.1) is 6.61 Å². The van der Waals surface area contributed by atoms with Crippen LogP contribution in [0.2, 0.25) is 0 Å². The van der Waals surface area contributed by atoms with Gasteiger partial charge in [-0.3, -0.25) is 4.99 Å². The van der Waals surface area contributed by atoms with Gasteiger partial charge in [-0.25, -0.2) is 0 Å². The van der Waals surface area contributed by atoms with Gasteiger partial charge in [0.2, 0.25) is 0 Å². The molecule has 1 unspecified atom stereocenters. The molecule has 1 atom stereocenters. The van der Waals surface area contributed by atoms with E-state index in [-0.39, 0.29) is 30.0 Å². The van der Waals surface area contributed by atoms with E-state index in [1.807, 2.05) is 6.92 Å². The van der Waals surface area contributed by atoms with Gasteiger partial charge in [0.15, 0.2) is 5.96 Å². The summed E-state index contributed by atoms with van der Waals surface area (Å²) in [4.78, 5) is 4.33. The molecule has 0 saturated heterocycles. The lowest BCUT2D eigenvalue weighted by Crippen LogP contribution is -2.40. The van der Waals surface area contributed by atoms with Crippen molar-refractivity contribution in [3.05, 3.63) is 34.9 Å². The van der Waals surface area contributed by atoms with Crippen LogP contribution in [0.4, 0.5) is 0 Å². The predicted molar refractivity (Wildman–Crippen MR) is 96.0 cm³/mol. The molecule has 0 aliphatic heterocycles. The highest BCUT2D eigenvalue weighted by Gasteiger charge is 2.01. The Hall–Kier alpha value is -0.820. The number of guanidine groups is 1. The highest BCUT2D eigenvalue weighted by molar-refractivity contribution is 14.0. The fraction of sp³-hybridized carbons (Fsp3) is 0.533. The Morgan fingerprint density at radius 2 is 1.90 bits per heavy atom. The number of nitrogens with zero attached hydrogens (tertiary/aromatic N) is 1. The molecule has 5 heteroatoms. The van der Waals surface area contributed by atoms with Crippen molar-refractivity contribution in [2.24, 2.45) is 10.7 Å². The van der Waals surface area contributed by atoms with Crippen LogP contribution < -0.4 is 11.1 Å². The summed E-state index contributed by atoms with van der Waals surface area (Å²) in [5.41, 5.74) is 9.70. The molecule has 0 fully saturated rings. The zero-order valence-electron chi connectivity index (χ0n) is 12.8. The van der Waals surface area contributed by atoms with Crippen molar-refractivity contribution in [1.82, 2.24) is 5.32 Å². The summed E-state index contributed by atoms with van der Waals surface area (Å²) in [6, 6.07) is 6.74. The first-order valence-electron chi connectivity index (χ1n) is 6.64. The number of halogens is 1. The molecular formula is C15H26IN3O. The third-order valence-electron chi connectivity index (χ3n) is 2.78. The molecule has 0 aliphatic carbocycles. The monoisotopic (exact) mass is 391 g/mol. The second-order valence-electron chi connectivity index (χ2n) is 5.01. The molecule has 0 saturated carbocycles. The fourth-order valence-corrected chi connectivity index (χ4v) is 2.11. The number of nitrogens with two attached hydrogens (primary N) is 1. The standard InChI is InChI=1S/C15H25N3O.HI/c1-11-7-12(2)9-14(8-11)5-6-17-15(16)18-13(3)10-19-4;/h7-9,13H,5-6,10H2,1-4H3,(H3,16,17,18);1H. The Bertz CT molecular complexity index is 415. The van der Waals surface area contributed by atoms with Crippen LogP contribution in [-0.2, 0) is 11.2 Å². The lowest BCUT2D eigenvalue weighted by atomic mass is 10.1. The Morgan fingerprint density at radius 1 is 1.30 bits per heavy atom. The number of hydrogen-bond donors (Lipinski definition) is 2. The van der Waals surface area contributed by atoms with E-state index in [0.29, 0.717) is 19.1 Å². The topological polar surface area (TPSA) is 59.6 Å². The molecule has 0 spiro atoms. The van der Waals surface area contributed by atoms with Crippen LogP contribution in [0.25, 0.3) is 0 Å². The smallest absolute Gasteiger partial charge is 0.188 e. The van der Waals surface area contributed by atoms with Gasteiger partial charge in [0.25, 0.3) is 0 Å². The first-order chi connectivity index (χ1) is 9.01. The molecule has 20 heavy (non-hydrogen) atoms. The zero-order valence-corrected chi connectivity index (χ0v) is 15.1. The quantitative estimate of drug-likeness (QED) is 0.445. The van der Waals surface area contributed by atoms with Crippen molar-refractivity contribution in [2.75, 3.05) is 20.3 Å². The Labute approximate surface area is 139 Å². The van der Waals surface area contributed by atoms with Gasteiger partial charge in [-0.2, -0.15) is 0 Å². The van der Waals surface area contributed by atoms with Crippen LogP contribution in [0.15, 0.2) is 23.2 Å². The number of aliphatic imine (C=N–C) groups is 1. The van der Waals surface area contributed by atoms with Crippen molar-refractivity contribution in [3.8, 4) is 0 Å². The molecule has 114 valence electrons. The molecule has 1 aromatic carbocycles. The van der Waals surface area contributed by atoms with Gasteiger partial charge in [-0.1, -0.05) is 29.3 Å². The van der Waals surface area contributed by atoms with Crippen molar-refractivity contribution in [3.63, 3.8) is 0 Å². The number of hydrogen-bond acceptors (Lipinski definition) is 2. The number of ether oxygens (including phenoxy) is 1. The first-order valence-corrected chi connectivity index (χ1v) is 6.64. The van der Waals surface area contributed by atoms with E-state index in [2.05, 4.69) is 42.4 Å². The summed E-state index contributed by atoms with van der Waals surface area (Å²) in [7, 11) is 1.67. The van der Waals surface area contributed by atoms with Crippen LogP contribution >= 0.6 is 24.0 Å². The van der Waals surface area contributed by atoms with E-state index in [0.717, 1.165) is 6.42 Å². The summed E-state index contributed by atoms with van der Waals surface area (Å²) < 4.78 is 5.03. The van der Waals surface area contributed by atoms with Crippen LogP contribution in [-0.4, -0.2) is 32.3 Å². The number of nitrogens with one attached hydrogen (secondary N) is 1. The normalized spacial score (nSPS) is 12.7. The average molecular weight is 391 g/mol. The van der Waals surface area contributed by atoms with Gasteiger partial charge >= 0.3 is 0 Å². The largest absolute Gasteiger partial charge is 0.383 e. The highest BCUT2D eigenvalue weighted by atomic mass is 127. The van der Waals surface area contributed by atoms with E-state index in [4.69, 9.17) is 10.5 Å². The van der Waals surface area contributed by atoms with Gasteiger partial charge in [-0.15, -0.1) is 24.0 Å². The minimum atomic E-state index is 0. The second-order valence-corrected chi connectivity index (χ2v) is 5.01. The molecule has 4 nitrogen and oxygen atoms in total. The van der Waals surface area contributed by atoms with Crippen molar-refractivity contribution in [2.45, 2.75) is 33.2 Å². The summed E-state index contributed by atoms with van der Waals surface area (Å²) in [5, 5.41) is 3.09. The average Bonchev–Trinajstić information content (AvgIpc) is 2.27. The molecule has 0 amide bonds. The lowest BCUT2D eigenvalue weighted by Gasteiger charge is -2.13. The molecule has 3 N–H and O–H groups in total. The van der Waals surface area contributed by atoms with Crippen LogP contribution in [0.5, 0.6) is 0 Å². The SMILES string of the molecule is COCC(C)NC(N)=NCCc1cc(C)cc(C)c1.I. The van der Waals surface area contributed by atoms with Crippen LogP contribution in [0.3, 0.4) is 0 Å². The van der Waals surface area contributed by atoms with Crippen LogP contribution in [0, 0.1) is 13.8 Å².